The van der Waals surface area contributed by atoms with E-state index in [1.165, 1.54) is 44.6 Å². The van der Waals surface area contributed by atoms with Crippen molar-refractivity contribution in [3.63, 3.8) is 0 Å². The molecule has 0 saturated carbocycles. The fourth-order valence-corrected chi connectivity index (χ4v) is 1.47. The second-order valence-electron chi connectivity index (χ2n) is 3.66. The van der Waals surface area contributed by atoms with Gasteiger partial charge in [0, 0.05) is 0 Å². The minimum atomic E-state index is 0.654. The van der Waals surface area contributed by atoms with Gasteiger partial charge in [-0.05, 0) is 12.8 Å². The zero-order valence-electron chi connectivity index (χ0n) is 9.23. The maximum Gasteiger partial charge on any atom is 0.149 e. The molecule has 1 heterocycles. The molecular weight excluding hydrogens is 192 g/mol. The number of nitrogens with zero attached hydrogens (tertiary/aromatic N) is 2. The Balaban J connectivity index is 2.16. The van der Waals surface area contributed by atoms with Crippen molar-refractivity contribution >= 4 is 0 Å². The summed E-state index contributed by atoms with van der Waals surface area (Å²) < 4.78 is 0. The smallest absolute Gasteiger partial charge is 0.149 e. The normalized spacial score (nSPS) is 21.3. The highest BCUT2D eigenvalue weighted by molar-refractivity contribution is 4.66. The predicted molar refractivity (Wildman–Crippen MR) is 58.2 cm³/mol. The topological polar surface area (TPSA) is 43.2 Å². The Hall–Kier alpha value is -0.900. The molecule has 1 rings (SSSR count). The highest BCUT2D eigenvalue weighted by atomic mass is 17.2. The van der Waals surface area contributed by atoms with Gasteiger partial charge in [-0.2, -0.15) is 15.1 Å². The molecule has 0 aromatic carbocycles. The molecule has 0 spiro atoms. The van der Waals surface area contributed by atoms with Crippen LogP contribution in [0.3, 0.4) is 0 Å². The van der Waals surface area contributed by atoms with E-state index in [-0.39, 0.29) is 0 Å². The minimum absolute atomic E-state index is 0.654. The quantitative estimate of drug-likeness (QED) is 0.576. The molecule has 1 aliphatic heterocycles. The van der Waals surface area contributed by atoms with Gasteiger partial charge in [0.2, 0.25) is 0 Å². The predicted octanol–water partition coefficient (Wildman–Crippen LogP) is 3.60. The lowest BCUT2D eigenvalue weighted by Crippen LogP contribution is -1.92. The third-order valence-electron chi connectivity index (χ3n) is 2.32. The van der Waals surface area contributed by atoms with Crippen LogP contribution in [0.25, 0.3) is 0 Å². The fraction of sp³-hybridized carbons (Fsp3) is 0.818. The van der Waals surface area contributed by atoms with Crippen molar-refractivity contribution in [2.24, 2.45) is 10.2 Å². The van der Waals surface area contributed by atoms with Crippen LogP contribution in [0.1, 0.15) is 44.9 Å². The van der Waals surface area contributed by atoms with Gasteiger partial charge in [0.05, 0.1) is 19.4 Å². The Morgan fingerprint density at radius 1 is 0.867 bits per heavy atom. The zero-order chi connectivity index (χ0) is 10.6. The number of hydrogen-bond acceptors (Lipinski definition) is 4. The van der Waals surface area contributed by atoms with Crippen LogP contribution in [0.5, 0.6) is 0 Å². The summed E-state index contributed by atoms with van der Waals surface area (Å²) in [6.45, 7) is 1.46. The van der Waals surface area contributed by atoms with Crippen molar-refractivity contribution in [2.45, 2.75) is 44.9 Å². The molecule has 4 heteroatoms. The van der Waals surface area contributed by atoms with Crippen LogP contribution in [0, 0.1) is 0 Å². The van der Waals surface area contributed by atoms with Crippen LogP contribution in [0.2, 0.25) is 0 Å². The van der Waals surface area contributed by atoms with Gasteiger partial charge in [-0.3, -0.25) is 0 Å². The van der Waals surface area contributed by atoms with E-state index in [4.69, 9.17) is 9.78 Å². The number of azo groups is 1. The number of rotatable bonds is 0. The Morgan fingerprint density at radius 2 is 1.60 bits per heavy atom. The third-order valence-corrected chi connectivity index (χ3v) is 2.32. The Bertz CT molecular complexity index is 173. The molecule has 1 aliphatic rings. The largest absolute Gasteiger partial charge is 0.344 e. The maximum absolute atomic E-state index is 4.92. The van der Waals surface area contributed by atoms with Gasteiger partial charge in [-0.15, -0.1) is 0 Å². The summed E-state index contributed by atoms with van der Waals surface area (Å²) in [5.41, 5.74) is 0. The first-order valence-corrected chi connectivity index (χ1v) is 5.80. The first-order chi connectivity index (χ1) is 7.50. The molecule has 86 valence electrons. The molecule has 4 nitrogen and oxygen atoms in total. The van der Waals surface area contributed by atoms with Gasteiger partial charge in [0.15, 0.2) is 0 Å². The van der Waals surface area contributed by atoms with Gasteiger partial charge < -0.3 is 4.89 Å². The lowest BCUT2D eigenvalue weighted by Gasteiger charge is -2.01. The molecule has 15 heavy (non-hydrogen) atoms. The summed E-state index contributed by atoms with van der Waals surface area (Å²) in [5, 5.41) is 7.81. The minimum Gasteiger partial charge on any atom is -0.344 e. The van der Waals surface area contributed by atoms with Crippen LogP contribution >= 0.6 is 0 Å². The second kappa shape index (κ2) is 9.65. The summed E-state index contributed by atoms with van der Waals surface area (Å²) in [6, 6.07) is 0. The Kier molecular flexibility index (Phi) is 7.83. The summed E-state index contributed by atoms with van der Waals surface area (Å²) in [7, 11) is 0. The first-order valence-electron chi connectivity index (χ1n) is 5.80. The van der Waals surface area contributed by atoms with Crippen LogP contribution in [0.4, 0.5) is 0 Å². The molecule has 0 bridgehead atoms. The molecule has 0 N–H and O–H groups in total. The standard InChI is InChI=1S/C11H20N2O2/c1-2-4-6-8-12-13-9-11-15-14-10-7-5-3-1/h9,11H,1-8,10H2. The van der Waals surface area contributed by atoms with E-state index >= 15 is 0 Å². The molecule has 0 aliphatic carbocycles. The van der Waals surface area contributed by atoms with Crippen molar-refractivity contribution in [1.29, 1.82) is 0 Å². The molecule has 0 atom stereocenters. The molecule has 0 unspecified atom stereocenters. The highest BCUT2D eigenvalue weighted by Gasteiger charge is 1.93. The van der Waals surface area contributed by atoms with Crippen LogP contribution < -0.4 is 0 Å². The van der Waals surface area contributed by atoms with Gasteiger partial charge in [0.25, 0.3) is 0 Å². The van der Waals surface area contributed by atoms with E-state index in [9.17, 15) is 0 Å². The van der Waals surface area contributed by atoms with Gasteiger partial charge >= 0.3 is 0 Å². The molecule has 0 aromatic rings. The summed E-state index contributed by atoms with van der Waals surface area (Å²) in [5.74, 6) is 0. The van der Waals surface area contributed by atoms with Crippen molar-refractivity contribution < 1.29 is 9.78 Å². The fourth-order valence-electron chi connectivity index (χ4n) is 1.47. The van der Waals surface area contributed by atoms with Crippen molar-refractivity contribution in [3.8, 4) is 0 Å². The van der Waals surface area contributed by atoms with Crippen LogP contribution in [-0.2, 0) is 9.78 Å². The Labute approximate surface area is 91.3 Å². The van der Waals surface area contributed by atoms with E-state index in [1.54, 1.807) is 0 Å². The molecule has 0 aromatic heterocycles. The zero-order valence-corrected chi connectivity index (χ0v) is 9.23. The average Bonchev–Trinajstić information content (AvgIpc) is 2.27. The summed E-state index contributed by atoms with van der Waals surface area (Å²) >= 11 is 0. The molecule has 0 radical (unpaired) electrons. The van der Waals surface area contributed by atoms with Crippen molar-refractivity contribution in [2.75, 3.05) is 13.2 Å². The lowest BCUT2D eigenvalue weighted by atomic mass is 10.1. The average molecular weight is 212 g/mol. The van der Waals surface area contributed by atoms with Crippen molar-refractivity contribution in [1.82, 2.24) is 0 Å². The van der Waals surface area contributed by atoms with E-state index in [2.05, 4.69) is 10.2 Å². The summed E-state index contributed by atoms with van der Waals surface area (Å²) in [4.78, 5) is 9.70. The van der Waals surface area contributed by atoms with Gasteiger partial charge in [-0.1, -0.05) is 32.1 Å². The van der Waals surface area contributed by atoms with E-state index in [0.717, 1.165) is 19.4 Å². The maximum atomic E-state index is 4.92. The van der Waals surface area contributed by atoms with Gasteiger partial charge in [0.1, 0.15) is 6.26 Å². The SMILES string of the molecule is C1=COOCCCCCCCCCN=N1. The lowest BCUT2D eigenvalue weighted by molar-refractivity contribution is -0.249. The second-order valence-corrected chi connectivity index (χ2v) is 3.66. The highest BCUT2D eigenvalue weighted by Crippen LogP contribution is 2.07. The molecule has 0 saturated heterocycles. The Morgan fingerprint density at radius 3 is 2.47 bits per heavy atom. The molecule has 0 amide bonds. The monoisotopic (exact) mass is 212 g/mol. The van der Waals surface area contributed by atoms with Crippen molar-refractivity contribution in [3.05, 3.63) is 12.5 Å². The number of hydrogen-bond donors (Lipinski definition) is 0. The van der Waals surface area contributed by atoms with E-state index in [1.807, 2.05) is 0 Å². The van der Waals surface area contributed by atoms with E-state index in [0.29, 0.717) is 6.61 Å². The van der Waals surface area contributed by atoms with E-state index < -0.39 is 0 Å². The first kappa shape index (κ1) is 12.2. The third kappa shape index (κ3) is 8.12. The van der Waals surface area contributed by atoms with Crippen LogP contribution in [-0.4, -0.2) is 13.2 Å². The van der Waals surface area contributed by atoms with Crippen LogP contribution in [0.15, 0.2) is 22.7 Å². The molecule has 0 fully saturated rings. The summed E-state index contributed by atoms with van der Waals surface area (Å²) in [6.07, 6.45) is 11.5. The van der Waals surface area contributed by atoms with Gasteiger partial charge in [-0.25, -0.2) is 0 Å². The molecular formula is C11H20N2O2.